The number of rotatable bonds is 4. The molecule has 0 radical (unpaired) electrons. The van der Waals surface area contributed by atoms with Gasteiger partial charge in [0.15, 0.2) is 0 Å². The van der Waals surface area contributed by atoms with Crippen molar-refractivity contribution in [2.24, 2.45) is 0 Å². The average molecular weight is 255 g/mol. The fourth-order valence-electron chi connectivity index (χ4n) is 1.69. The Morgan fingerprint density at radius 2 is 2.00 bits per heavy atom. The summed E-state index contributed by atoms with van der Waals surface area (Å²) in [4.78, 5) is 14.9. The third kappa shape index (κ3) is 2.11. The Bertz CT molecular complexity index is 674. The van der Waals surface area contributed by atoms with Crippen molar-refractivity contribution in [1.29, 1.82) is 0 Å². The molecule has 0 unspecified atom stereocenters. The molecule has 3 aromatic rings. The quantitative estimate of drug-likeness (QED) is 0.724. The van der Waals surface area contributed by atoms with Crippen LogP contribution in [0, 0.1) is 0 Å². The molecule has 0 aliphatic carbocycles. The van der Waals surface area contributed by atoms with Crippen molar-refractivity contribution >= 4 is 12.3 Å². The molecule has 2 heterocycles. The van der Waals surface area contributed by atoms with E-state index in [0.717, 1.165) is 5.56 Å². The minimum Gasteiger partial charge on any atom is -0.416 e. The van der Waals surface area contributed by atoms with Crippen molar-refractivity contribution in [1.82, 2.24) is 10.1 Å². The van der Waals surface area contributed by atoms with Gasteiger partial charge < -0.3 is 8.94 Å². The highest BCUT2D eigenvalue weighted by Crippen LogP contribution is 2.32. The van der Waals surface area contributed by atoms with Gasteiger partial charge in [-0.25, -0.2) is 4.98 Å². The molecule has 0 fully saturated rings. The molecule has 19 heavy (non-hydrogen) atoms. The molecule has 3 rings (SSSR count). The molecule has 0 saturated heterocycles. The monoisotopic (exact) mass is 255 g/mol. The van der Waals surface area contributed by atoms with Crippen LogP contribution in [0.2, 0.25) is 0 Å². The van der Waals surface area contributed by atoms with Crippen molar-refractivity contribution < 1.29 is 13.7 Å². The first-order valence-electron chi connectivity index (χ1n) is 5.56. The van der Waals surface area contributed by atoms with Crippen LogP contribution in [-0.4, -0.2) is 16.6 Å². The van der Waals surface area contributed by atoms with E-state index in [1.54, 1.807) is 6.07 Å². The van der Waals surface area contributed by atoms with Gasteiger partial charge in [0.1, 0.15) is 5.69 Å². The van der Waals surface area contributed by atoms with Gasteiger partial charge in [-0.1, -0.05) is 35.5 Å². The number of aromatic nitrogens is 2. The largest absolute Gasteiger partial charge is 0.416 e. The Morgan fingerprint density at radius 1 is 1.16 bits per heavy atom. The zero-order valence-corrected chi connectivity index (χ0v) is 9.74. The number of benzene rings is 1. The summed E-state index contributed by atoms with van der Waals surface area (Å²) in [6.07, 6.45) is 2.03. The first-order chi connectivity index (χ1) is 9.38. The number of carbonyl (C=O) groups is 1. The zero-order chi connectivity index (χ0) is 13.1. The highest BCUT2D eigenvalue weighted by atomic mass is 16.5. The summed E-state index contributed by atoms with van der Waals surface area (Å²) in [5.41, 5.74) is 1.38. The van der Waals surface area contributed by atoms with E-state index in [2.05, 4.69) is 15.5 Å². The van der Waals surface area contributed by atoms with Crippen LogP contribution in [-0.2, 0) is 4.79 Å². The maximum Gasteiger partial charge on any atom is 0.268 e. The van der Waals surface area contributed by atoms with Crippen LogP contribution in [0.5, 0.6) is 0 Å². The standard InChI is InChI=1S/C13H9N3O3/c17-8-14-13-11(9-4-2-1-3-5-9)16-12(18-13)10-6-7-15-19-10/h1-8H,(H,14,17). The Morgan fingerprint density at radius 3 is 2.68 bits per heavy atom. The van der Waals surface area contributed by atoms with Crippen molar-refractivity contribution in [3.63, 3.8) is 0 Å². The normalized spacial score (nSPS) is 10.3. The molecule has 0 aliphatic heterocycles. The molecule has 2 aromatic heterocycles. The Hall–Kier alpha value is -2.89. The summed E-state index contributed by atoms with van der Waals surface area (Å²) >= 11 is 0. The fourth-order valence-corrected chi connectivity index (χ4v) is 1.69. The van der Waals surface area contributed by atoms with Gasteiger partial charge in [-0.05, 0) is 0 Å². The van der Waals surface area contributed by atoms with Crippen molar-refractivity contribution in [2.75, 3.05) is 5.32 Å². The SMILES string of the molecule is O=CNc1oc(-c2ccno2)nc1-c1ccccc1. The molecule has 0 saturated carbocycles. The van der Waals surface area contributed by atoms with Crippen LogP contribution in [0.25, 0.3) is 22.9 Å². The van der Waals surface area contributed by atoms with E-state index in [4.69, 9.17) is 8.94 Å². The molecular weight excluding hydrogens is 246 g/mol. The third-order valence-electron chi connectivity index (χ3n) is 2.51. The predicted molar refractivity (Wildman–Crippen MR) is 67.1 cm³/mol. The number of anilines is 1. The highest BCUT2D eigenvalue weighted by molar-refractivity contribution is 5.80. The molecule has 6 nitrogen and oxygen atoms in total. The lowest BCUT2D eigenvalue weighted by atomic mass is 10.1. The Balaban J connectivity index is 2.10. The summed E-state index contributed by atoms with van der Waals surface area (Å²) in [5.74, 6) is 0.935. The topological polar surface area (TPSA) is 81.2 Å². The van der Waals surface area contributed by atoms with Gasteiger partial charge in [-0.15, -0.1) is 0 Å². The molecule has 0 bridgehead atoms. The molecule has 0 atom stereocenters. The van der Waals surface area contributed by atoms with Crippen LogP contribution in [0.15, 0.2) is 51.5 Å². The number of nitrogens with one attached hydrogen (secondary N) is 1. The molecule has 6 heteroatoms. The average Bonchev–Trinajstić information content (AvgIpc) is 3.08. The lowest BCUT2D eigenvalue weighted by Crippen LogP contribution is -1.93. The van der Waals surface area contributed by atoms with Gasteiger partial charge >= 0.3 is 0 Å². The molecule has 94 valence electrons. The predicted octanol–water partition coefficient (Wildman–Crippen LogP) is 2.56. The van der Waals surface area contributed by atoms with E-state index in [9.17, 15) is 4.79 Å². The van der Waals surface area contributed by atoms with Crippen LogP contribution in [0.4, 0.5) is 5.88 Å². The second-order valence-corrected chi connectivity index (χ2v) is 3.70. The molecule has 0 aliphatic rings. The second-order valence-electron chi connectivity index (χ2n) is 3.70. The molecular formula is C13H9N3O3. The summed E-state index contributed by atoms with van der Waals surface area (Å²) < 4.78 is 10.4. The van der Waals surface area contributed by atoms with Crippen LogP contribution in [0.1, 0.15) is 0 Å². The Kier molecular flexibility index (Phi) is 2.82. The van der Waals surface area contributed by atoms with E-state index in [1.165, 1.54) is 6.20 Å². The Labute approximate surface area is 108 Å². The van der Waals surface area contributed by atoms with Gasteiger partial charge in [0.05, 0.1) is 6.20 Å². The lowest BCUT2D eigenvalue weighted by molar-refractivity contribution is -0.105. The molecule has 1 aromatic carbocycles. The molecule has 0 spiro atoms. The van der Waals surface area contributed by atoms with Crippen LogP contribution in [0.3, 0.4) is 0 Å². The highest BCUT2D eigenvalue weighted by Gasteiger charge is 2.17. The van der Waals surface area contributed by atoms with Crippen LogP contribution >= 0.6 is 0 Å². The van der Waals surface area contributed by atoms with Crippen molar-refractivity contribution in [3.05, 3.63) is 42.6 Å². The van der Waals surface area contributed by atoms with Gasteiger partial charge in [-0.2, -0.15) is 0 Å². The summed E-state index contributed by atoms with van der Waals surface area (Å²) in [6, 6.07) is 11.0. The van der Waals surface area contributed by atoms with Gasteiger partial charge in [0, 0.05) is 11.6 Å². The smallest absolute Gasteiger partial charge is 0.268 e. The first kappa shape index (κ1) is 11.2. The molecule has 1 N–H and O–H groups in total. The van der Waals surface area contributed by atoms with Gasteiger partial charge in [0.2, 0.25) is 18.1 Å². The zero-order valence-electron chi connectivity index (χ0n) is 9.74. The minimum absolute atomic E-state index is 0.265. The molecule has 1 amide bonds. The first-order valence-corrected chi connectivity index (χ1v) is 5.56. The van der Waals surface area contributed by atoms with Crippen molar-refractivity contribution in [2.45, 2.75) is 0 Å². The van der Waals surface area contributed by atoms with Gasteiger partial charge in [0.25, 0.3) is 5.89 Å². The number of hydrogen-bond acceptors (Lipinski definition) is 5. The number of oxazole rings is 1. The van der Waals surface area contributed by atoms with E-state index in [1.807, 2.05) is 30.3 Å². The lowest BCUT2D eigenvalue weighted by Gasteiger charge is -1.97. The number of amides is 1. The third-order valence-corrected chi connectivity index (χ3v) is 2.51. The number of nitrogens with zero attached hydrogens (tertiary/aromatic N) is 2. The second kappa shape index (κ2) is 4.77. The summed E-state index contributed by atoms with van der Waals surface area (Å²) in [7, 11) is 0. The van der Waals surface area contributed by atoms with E-state index >= 15 is 0 Å². The maximum atomic E-state index is 10.6. The maximum absolute atomic E-state index is 10.6. The van der Waals surface area contributed by atoms with Crippen molar-refractivity contribution in [3.8, 4) is 22.9 Å². The fraction of sp³-hybridized carbons (Fsp3) is 0. The number of hydrogen-bond donors (Lipinski definition) is 1. The summed E-state index contributed by atoms with van der Waals surface area (Å²) in [6.45, 7) is 0. The van der Waals surface area contributed by atoms with Crippen LogP contribution < -0.4 is 5.32 Å². The van der Waals surface area contributed by atoms with E-state index in [0.29, 0.717) is 17.9 Å². The van der Waals surface area contributed by atoms with E-state index < -0.39 is 0 Å². The number of carbonyl (C=O) groups excluding carboxylic acids is 1. The summed E-state index contributed by atoms with van der Waals surface area (Å²) in [5, 5.41) is 6.08. The minimum atomic E-state index is 0.265. The van der Waals surface area contributed by atoms with E-state index in [-0.39, 0.29) is 11.8 Å². The van der Waals surface area contributed by atoms with Gasteiger partial charge in [-0.3, -0.25) is 10.1 Å².